The standard InChI is InChI=1S/C30H50O/c1-19(2)20-11-14-27(5)17-18-29(7)21(25(20)27)9-10-23-28(6)15-13-24(31)26(3,4)22(28)12-16-30(23,29)8/h20-25,31H,1,9-18H2,2-8H3/t20-,21+,22-,23-,24+,25-,27+,28-,29+,30+/m0/s1. The summed E-state index contributed by atoms with van der Waals surface area (Å²) in [6.07, 6.45) is 13.4. The second-order valence-electron chi connectivity index (χ2n) is 14.7. The Hall–Kier alpha value is -0.300. The lowest BCUT2D eigenvalue weighted by atomic mass is 9.32. The van der Waals surface area contributed by atoms with Crippen LogP contribution < -0.4 is 0 Å². The van der Waals surface area contributed by atoms with Crippen molar-refractivity contribution in [2.45, 2.75) is 119 Å². The van der Waals surface area contributed by atoms with Crippen molar-refractivity contribution in [3.8, 4) is 0 Å². The zero-order valence-corrected chi connectivity index (χ0v) is 21.7. The van der Waals surface area contributed by atoms with Crippen molar-refractivity contribution in [3.05, 3.63) is 12.2 Å². The van der Waals surface area contributed by atoms with E-state index in [-0.39, 0.29) is 11.5 Å². The molecule has 5 aliphatic rings. The fraction of sp³-hybridized carbons (Fsp3) is 0.933. The van der Waals surface area contributed by atoms with Gasteiger partial charge in [-0.3, -0.25) is 0 Å². The largest absolute Gasteiger partial charge is 0.393 e. The Morgan fingerprint density at radius 3 is 2.13 bits per heavy atom. The lowest BCUT2D eigenvalue weighted by molar-refractivity contribution is -0.246. The monoisotopic (exact) mass is 426 g/mol. The van der Waals surface area contributed by atoms with E-state index in [0.29, 0.717) is 27.6 Å². The molecule has 5 rings (SSSR count). The molecule has 0 bridgehead atoms. The molecule has 5 fully saturated rings. The Labute approximate surface area is 192 Å². The molecule has 0 saturated heterocycles. The summed E-state index contributed by atoms with van der Waals surface area (Å²) in [5.41, 5.74) is 3.38. The third-order valence-electron chi connectivity index (χ3n) is 13.5. The lowest BCUT2D eigenvalue weighted by Gasteiger charge is -2.73. The van der Waals surface area contributed by atoms with Gasteiger partial charge in [0.15, 0.2) is 0 Å². The van der Waals surface area contributed by atoms with Gasteiger partial charge in [0.25, 0.3) is 0 Å². The van der Waals surface area contributed by atoms with Crippen molar-refractivity contribution in [1.82, 2.24) is 0 Å². The predicted octanol–water partition coefficient (Wildman–Crippen LogP) is 8.02. The minimum Gasteiger partial charge on any atom is -0.393 e. The number of hydrogen-bond donors (Lipinski definition) is 1. The first-order chi connectivity index (χ1) is 14.3. The zero-order chi connectivity index (χ0) is 22.6. The van der Waals surface area contributed by atoms with Crippen LogP contribution in [0.4, 0.5) is 0 Å². The summed E-state index contributed by atoms with van der Waals surface area (Å²) in [4.78, 5) is 0. The molecule has 5 saturated carbocycles. The number of rotatable bonds is 1. The van der Waals surface area contributed by atoms with Crippen LogP contribution in [-0.2, 0) is 0 Å². The van der Waals surface area contributed by atoms with Gasteiger partial charge in [-0.05, 0) is 128 Å². The Morgan fingerprint density at radius 1 is 0.742 bits per heavy atom. The van der Waals surface area contributed by atoms with Crippen molar-refractivity contribution in [1.29, 1.82) is 0 Å². The molecular formula is C30H50O. The molecule has 1 N–H and O–H groups in total. The van der Waals surface area contributed by atoms with Gasteiger partial charge in [-0.15, -0.1) is 0 Å². The van der Waals surface area contributed by atoms with E-state index in [2.05, 4.69) is 55.0 Å². The van der Waals surface area contributed by atoms with E-state index >= 15 is 0 Å². The number of fused-ring (bicyclic) bond motifs is 7. The van der Waals surface area contributed by atoms with Gasteiger partial charge in [0.1, 0.15) is 0 Å². The average molecular weight is 427 g/mol. The van der Waals surface area contributed by atoms with Gasteiger partial charge >= 0.3 is 0 Å². The maximum atomic E-state index is 10.9. The van der Waals surface area contributed by atoms with Crippen molar-refractivity contribution < 1.29 is 5.11 Å². The Bertz CT molecular complexity index is 766. The molecule has 0 aromatic carbocycles. The summed E-state index contributed by atoms with van der Waals surface area (Å²) in [5, 5.41) is 10.9. The first kappa shape index (κ1) is 22.5. The van der Waals surface area contributed by atoms with Crippen LogP contribution in [0.25, 0.3) is 0 Å². The zero-order valence-electron chi connectivity index (χ0n) is 21.7. The fourth-order valence-corrected chi connectivity index (χ4v) is 11.5. The number of aliphatic hydroxyl groups is 1. The number of hydrogen-bond acceptors (Lipinski definition) is 1. The molecule has 31 heavy (non-hydrogen) atoms. The minimum atomic E-state index is -0.118. The van der Waals surface area contributed by atoms with Crippen molar-refractivity contribution >= 4 is 0 Å². The quantitative estimate of drug-likeness (QED) is 0.421. The van der Waals surface area contributed by atoms with Gasteiger partial charge in [0.05, 0.1) is 6.10 Å². The van der Waals surface area contributed by atoms with Gasteiger partial charge in [0.2, 0.25) is 0 Å². The molecule has 0 spiro atoms. The normalized spacial score (nSPS) is 57.9. The van der Waals surface area contributed by atoms with Gasteiger partial charge in [-0.1, -0.05) is 53.7 Å². The van der Waals surface area contributed by atoms with E-state index in [4.69, 9.17) is 0 Å². The highest BCUT2D eigenvalue weighted by Gasteiger charge is 2.70. The van der Waals surface area contributed by atoms with Crippen LogP contribution >= 0.6 is 0 Å². The van der Waals surface area contributed by atoms with Crippen molar-refractivity contribution in [3.63, 3.8) is 0 Å². The molecule has 5 aliphatic carbocycles. The van der Waals surface area contributed by atoms with Crippen LogP contribution in [-0.4, -0.2) is 11.2 Å². The molecule has 0 aliphatic heterocycles. The molecule has 10 atom stereocenters. The van der Waals surface area contributed by atoms with Gasteiger partial charge < -0.3 is 5.11 Å². The molecule has 0 amide bonds. The number of allylic oxidation sites excluding steroid dienone is 1. The Balaban J connectivity index is 1.54. The van der Waals surface area contributed by atoms with Crippen molar-refractivity contribution in [2.75, 3.05) is 0 Å². The van der Waals surface area contributed by atoms with Crippen LogP contribution in [0.2, 0.25) is 0 Å². The van der Waals surface area contributed by atoms with E-state index in [1.165, 1.54) is 63.4 Å². The molecule has 0 unspecified atom stereocenters. The van der Waals surface area contributed by atoms with Crippen LogP contribution in [0.1, 0.15) is 113 Å². The van der Waals surface area contributed by atoms with Crippen LogP contribution in [0.5, 0.6) is 0 Å². The van der Waals surface area contributed by atoms with Gasteiger partial charge in [0, 0.05) is 0 Å². The Morgan fingerprint density at radius 2 is 1.45 bits per heavy atom. The highest BCUT2D eigenvalue weighted by atomic mass is 16.3. The highest BCUT2D eigenvalue weighted by molar-refractivity contribution is 5.21. The average Bonchev–Trinajstić information content (AvgIpc) is 3.04. The molecule has 0 radical (unpaired) electrons. The summed E-state index contributed by atoms with van der Waals surface area (Å²) in [5.74, 6) is 3.98. The van der Waals surface area contributed by atoms with E-state index in [9.17, 15) is 5.11 Å². The predicted molar refractivity (Wildman–Crippen MR) is 131 cm³/mol. The third-order valence-corrected chi connectivity index (χ3v) is 13.5. The molecule has 0 aromatic heterocycles. The van der Waals surface area contributed by atoms with Crippen LogP contribution in [0.15, 0.2) is 12.2 Å². The fourth-order valence-electron chi connectivity index (χ4n) is 11.5. The molecule has 1 heteroatoms. The van der Waals surface area contributed by atoms with Crippen LogP contribution in [0, 0.1) is 56.7 Å². The smallest absolute Gasteiger partial charge is 0.0594 e. The minimum absolute atomic E-state index is 0.0632. The summed E-state index contributed by atoms with van der Waals surface area (Å²) in [6.45, 7) is 22.3. The molecule has 0 heterocycles. The molecule has 1 nitrogen and oxygen atoms in total. The van der Waals surface area contributed by atoms with E-state index in [0.717, 1.165) is 30.1 Å². The third kappa shape index (κ3) is 2.65. The first-order valence-corrected chi connectivity index (χ1v) is 13.6. The maximum Gasteiger partial charge on any atom is 0.0594 e. The van der Waals surface area contributed by atoms with E-state index in [1.807, 2.05) is 0 Å². The summed E-state index contributed by atoms with van der Waals surface area (Å²) >= 11 is 0. The highest BCUT2D eigenvalue weighted by Crippen LogP contribution is 2.77. The first-order valence-electron chi connectivity index (χ1n) is 13.6. The molecule has 0 aromatic rings. The lowest BCUT2D eigenvalue weighted by Crippen LogP contribution is -2.66. The van der Waals surface area contributed by atoms with Gasteiger partial charge in [-0.25, -0.2) is 0 Å². The second kappa shape index (κ2) is 6.64. The Kier molecular flexibility index (Phi) is 4.82. The van der Waals surface area contributed by atoms with E-state index in [1.54, 1.807) is 0 Å². The molecule has 176 valence electrons. The summed E-state index contributed by atoms with van der Waals surface area (Å²) in [6, 6.07) is 0. The summed E-state index contributed by atoms with van der Waals surface area (Å²) in [7, 11) is 0. The maximum absolute atomic E-state index is 10.9. The topological polar surface area (TPSA) is 20.2 Å². The second-order valence-corrected chi connectivity index (χ2v) is 14.7. The summed E-state index contributed by atoms with van der Waals surface area (Å²) < 4.78 is 0. The SMILES string of the molecule is C=C(C)[C@@H]1CC[C@]2(C)CC[C@]3(C)[C@H](CC[C@H]4[C@@]5(C)CC[C@@H](O)C(C)(C)[C@@H]5CC[C@]43C)[C@H]12. The van der Waals surface area contributed by atoms with Crippen molar-refractivity contribution in [2.24, 2.45) is 56.7 Å². The van der Waals surface area contributed by atoms with Crippen LogP contribution in [0.3, 0.4) is 0 Å². The number of aliphatic hydroxyl groups excluding tert-OH is 1. The van der Waals surface area contributed by atoms with Gasteiger partial charge in [-0.2, -0.15) is 0 Å². The van der Waals surface area contributed by atoms with E-state index < -0.39 is 0 Å². The molecular weight excluding hydrogens is 376 g/mol.